The van der Waals surface area contributed by atoms with Crippen molar-refractivity contribution in [2.75, 3.05) is 0 Å². The number of halogens is 2. The van der Waals surface area contributed by atoms with Crippen LogP contribution in [0.2, 0.25) is 0 Å². The van der Waals surface area contributed by atoms with Crippen LogP contribution in [0.5, 0.6) is 0 Å². The lowest BCUT2D eigenvalue weighted by molar-refractivity contribution is 0.533. The summed E-state index contributed by atoms with van der Waals surface area (Å²) in [5, 5.41) is 3.17. The molecular formula is C14H14F2N2. The van der Waals surface area contributed by atoms with Crippen molar-refractivity contribution in [3.8, 4) is 0 Å². The lowest BCUT2D eigenvalue weighted by atomic mass is 10.1. The highest BCUT2D eigenvalue weighted by atomic mass is 19.1. The molecule has 2 nitrogen and oxygen atoms in total. The van der Waals surface area contributed by atoms with E-state index >= 15 is 0 Å². The van der Waals surface area contributed by atoms with Gasteiger partial charge in [0.2, 0.25) is 0 Å². The van der Waals surface area contributed by atoms with Gasteiger partial charge in [-0.15, -0.1) is 0 Å². The molecule has 0 aliphatic rings. The fourth-order valence-corrected chi connectivity index (χ4v) is 1.68. The summed E-state index contributed by atoms with van der Waals surface area (Å²) in [7, 11) is 0. The van der Waals surface area contributed by atoms with Crippen molar-refractivity contribution in [2.24, 2.45) is 0 Å². The average molecular weight is 248 g/mol. The maximum Gasteiger partial charge on any atom is 0.130 e. The highest BCUT2D eigenvalue weighted by Gasteiger charge is 2.07. The van der Waals surface area contributed by atoms with E-state index in [0.717, 1.165) is 11.6 Å². The van der Waals surface area contributed by atoms with Crippen molar-refractivity contribution in [3.63, 3.8) is 0 Å². The van der Waals surface area contributed by atoms with Crippen molar-refractivity contribution < 1.29 is 8.78 Å². The smallest absolute Gasteiger partial charge is 0.130 e. The van der Waals surface area contributed by atoms with Crippen LogP contribution in [0, 0.1) is 11.6 Å². The molecule has 0 bridgehead atoms. The summed E-state index contributed by atoms with van der Waals surface area (Å²) in [5.74, 6) is -1.09. The summed E-state index contributed by atoms with van der Waals surface area (Å²) < 4.78 is 26.2. The minimum Gasteiger partial charge on any atom is -0.306 e. The van der Waals surface area contributed by atoms with Crippen LogP contribution >= 0.6 is 0 Å². The van der Waals surface area contributed by atoms with Gasteiger partial charge in [-0.2, -0.15) is 0 Å². The topological polar surface area (TPSA) is 24.9 Å². The van der Waals surface area contributed by atoms with E-state index in [4.69, 9.17) is 0 Å². The first kappa shape index (κ1) is 12.6. The molecule has 2 rings (SSSR count). The highest BCUT2D eigenvalue weighted by molar-refractivity contribution is 5.19. The number of hydrogen-bond donors (Lipinski definition) is 1. The number of nitrogens with zero attached hydrogens (tertiary/aromatic N) is 1. The Balaban J connectivity index is 1.99. The van der Waals surface area contributed by atoms with Crippen molar-refractivity contribution >= 4 is 0 Å². The van der Waals surface area contributed by atoms with Crippen molar-refractivity contribution in [1.82, 2.24) is 10.3 Å². The van der Waals surface area contributed by atoms with Gasteiger partial charge in [0.15, 0.2) is 0 Å². The number of benzene rings is 1. The zero-order chi connectivity index (χ0) is 13.0. The molecule has 1 atom stereocenters. The molecular weight excluding hydrogens is 234 g/mol. The van der Waals surface area contributed by atoms with Crippen molar-refractivity contribution in [3.05, 3.63) is 65.5 Å². The SMILES string of the molecule is C[C@H](NCc1ccc(F)cc1F)c1cccnc1. The molecule has 0 aliphatic carbocycles. The van der Waals surface area contributed by atoms with Crippen LogP contribution in [0.1, 0.15) is 24.1 Å². The molecule has 2 aromatic rings. The Kier molecular flexibility index (Phi) is 3.99. The molecule has 0 amide bonds. The van der Waals surface area contributed by atoms with Gasteiger partial charge in [0.1, 0.15) is 11.6 Å². The summed E-state index contributed by atoms with van der Waals surface area (Å²) in [6, 6.07) is 7.47. The Morgan fingerprint density at radius 1 is 1.28 bits per heavy atom. The molecule has 0 saturated carbocycles. The van der Waals surface area contributed by atoms with E-state index in [9.17, 15) is 8.78 Å². The van der Waals surface area contributed by atoms with Gasteiger partial charge in [-0.05, 0) is 24.6 Å². The molecule has 1 N–H and O–H groups in total. The molecule has 0 radical (unpaired) electrons. The molecule has 0 saturated heterocycles. The number of rotatable bonds is 4. The molecule has 18 heavy (non-hydrogen) atoms. The van der Waals surface area contributed by atoms with Crippen LogP contribution in [-0.4, -0.2) is 4.98 Å². The summed E-state index contributed by atoms with van der Waals surface area (Å²) >= 11 is 0. The van der Waals surface area contributed by atoms with Crippen molar-refractivity contribution in [1.29, 1.82) is 0 Å². The zero-order valence-corrected chi connectivity index (χ0v) is 10.0. The number of aromatic nitrogens is 1. The molecule has 0 spiro atoms. The maximum atomic E-state index is 13.4. The summed E-state index contributed by atoms with van der Waals surface area (Å²) in [6.45, 7) is 2.32. The fraction of sp³-hybridized carbons (Fsp3) is 0.214. The minimum absolute atomic E-state index is 0.0585. The second-order valence-corrected chi connectivity index (χ2v) is 4.12. The quantitative estimate of drug-likeness (QED) is 0.898. The Labute approximate surface area is 105 Å². The Morgan fingerprint density at radius 2 is 2.11 bits per heavy atom. The minimum atomic E-state index is -0.559. The predicted octanol–water partition coefficient (Wildman–Crippen LogP) is 3.21. The van der Waals surface area contributed by atoms with E-state index in [0.29, 0.717) is 12.1 Å². The number of nitrogens with one attached hydrogen (secondary N) is 1. The van der Waals surface area contributed by atoms with Crippen LogP contribution in [0.4, 0.5) is 8.78 Å². The summed E-state index contributed by atoms with van der Waals surface area (Å²) in [5.41, 5.74) is 1.48. The molecule has 94 valence electrons. The first-order valence-corrected chi connectivity index (χ1v) is 5.74. The van der Waals surface area contributed by atoms with E-state index in [2.05, 4.69) is 10.3 Å². The number of hydrogen-bond acceptors (Lipinski definition) is 2. The molecule has 1 aromatic heterocycles. The van der Waals surface area contributed by atoms with Gasteiger partial charge < -0.3 is 5.32 Å². The Bertz CT molecular complexity index is 514. The predicted molar refractivity (Wildman–Crippen MR) is 65.8 cm³/mol. The van der Waals surface area contributed by atoms with Crippen LogP contribution in [0.25, 0.3) is 0 Å². The van der Waals surface area contributed by atoms with E-state index in [-0.39, 0.29) is 6.04 Å². The van der Waals surface area contributed by atoms with Crippen LogP contribution in [0.15, 0.2) is 42.7 Å². The van der Waals surface area contributed by atoms with Crippen LogP contribution in [0.3, 0.4) is 0 Å². The number of pyridine rings is 1. The van der Waals surface area contributed by atoms with E-state index in [1.165, 1.54) is 12.1 Å². The summed E-state index contributed by atoms with van der Waals surface area (Å²) in [6.07, 6.45) is 3.47. The molecule has 0 fully saturated rings. The van der Waals surface area contributed by atoms with Crippen molar-refractivity contribution in [2.45, 2.75) is 19.5 Å². The van der Waals surface area contributed by atoms with Gasteiger partial charge in [0, 0.05) is 36.6 Å². The van der Waals surface area contributed by atoms with Crippen LogP contribution in [-0.2, 0) is 6.54 Å². The van der Waals surface area contributed by atoms with Crippen LogP contribution < -0.4 is 5.32 Å². The Morgan fingerprint density at radius 3 is 2.78 bits per heavy atom. The second-order valence-electron chi connectivity index (χ2n) is 4.12. The maximum absolute atomic E-state index is 13.4. The first-order chi connectivity index (χ1) is 8.66. The molecule has 0 aliphatic heterocycles. The zero-order valence-electron chi connectivity index (χ0n) is 10.0. The average Bonchev–Trinajstić information content (AvgIpc) is 2.38. The third kappa shape index (κ3) is 3.11. The molecule has 1 heterocycles. The van der Waals surface area contributed by atoms with E-state index < -0.39 is 11.6 Å². The monoisotopic (exact) mass is 248 g/mol. The van der Waals surface area contributed by atoms with Gasteiger partial charge in [-0.3, -0.25) is 4.98 Å². The second kappa shape index (κ2) is 5.69. The molecule has 0 unspecified atom stereocenters. The van der Waals surface area contributed by atoms with Gasteiger partial charge in [0.05, 0.1) is 0 Å². The standard InChI is InChI=1S/C14H14F2N2/c1-10(11-3-2-6-17-8-11)18-9-12-4-5-13(15)7-14(12)16/h2-8,10,18H,9H2,1H3/t10-/m0/s1. The lowest BCUT2D eigenvalue weighted by Gasteiger charge is -2.14. The summed E-state index contributed by atoms with van der Waals surface area (Å²) in [4.78, 5) is 4.03. The lowest BCUT2D eigenvalue weighted by Crippen LogP contribution is -2.18. The third-order valence-corrected chi connectivity index (χ3v) is 2.80. The third-order valence-electron chi connectivity index (χ3n) is 2.80. The normalized spacial score (nSPS) is 12.4. The first-order valence-electron chi connectivity index (χ1n) is 5.74. The van der Waals surface area contributed by atoms with Gasteiger partial charge in [0.25, 0.3) is 0 Å². The fourth-order valence-electron chi connectivity index (χ4n) is 1.68. The highest BCUT2D eigenvalue weighted by Crippen LogP contribution is 2.13. The Hall–Kier alpha value is -1.81. The van der Waals surface area contributed by atoms with Gasteiger partial charge in [-0.1, -0.05) is 12.1 Å². The van der Waals surface area contributed by atoms with Gasteiger partial charge in [-0.25, -0.2) is 8.78 Å². The van der Waals surface area contributed by atoms with Gasteiger partial charge >= 0.3 is 0 Å². The molecule has 4 heteroatoms. The molecule has 1 aromatic carbocycles. The largest absolute Gasteiger partial charge is 0.306 e. The van der Waals surface area contributed by atoms with E-state index in [1.807, 2.05) is 19.1 Å². The van der Waals surface area contributed by atoms with E-state index in [1.54, 1.807) is 12.4 Å².